The molecule has 0 unspecified atom stereocenters. The van der Waals surface area contributed by atoms with E-state index in [1.54, 1.807) is 50.6 Å². The molecule has 0 saturated heterocycles. The van der Waals surface area contributed by atoms with Gasteiger partial charge in [-0.1, -0.05) is 23.7 Å². The van der Waals surface area contributed by atoms with E-state index >= 15 is 0 Å². The number of halogens is 1. The molecule has 0 saturated carbocycles. The molecule has 0 aromatic heterocycles. The van der Waals surface area contributed by atoms with Crippen molar-refractivity contribution in [2.45, 2.75) is 6.92 Å². The predicted molar refractivity (Wildman–Crippen MR) is 111 cm³/mol. The second-order valence-corrected chi connectivity index (χ2v) is 6.03. The van der Waals surface area contributed by atoms with Gasteiger partial charge in [-0.25, -0.2) is 0 Å². The van der Waals surface area contributed by atoms with Crippen molar-refractivity contribution in [1.82, 2.24) is 0 Å². The van der Waals surface area contributed by atoms with Crippen molar-refractivity contribution < 1.29 is 23.7 Å². The second kappa shape index (κ2) is 11.2. The van der Waals surface area contributed by atoms with Gasteiger partial charge in [-0.15, -0.1) is 0 Å². The van der Waals surface area contributed by atoms with E-state index in [2.05, 4.69) is 5.32 Å². The molecule has 1 amide bonds. The largest absolute Gasteiger partial charge is 0.493 e. The minimum atomic E-state index is -0.313. The fraction of sp³-hybridized carbons (Fsp3) is 0.286. The molecule has 2 rings (SSSR count). The zero-order chi connectivity index (χ0) is 20.4. The van der Waals surface area contributed by atoms with Gasteiger partial charge in [0.25, 0.3) is 0 Å². The van der Waals surface area contributed by atoms with Crippen molar-refractivity contribution in [2.75, 3.05) is 39.4 Å². The number of amides is 1. The van der Waals surface area contributed by atoms with Crippen LogP contribution in [0.1, 0.15) is 12.5 Å². The monoisotopic (exact) mass is 405 g/mol. The average molecular weight is 406 g/mol. The molecule has 0 spiro atoms. The van der Waals surface area contributed by atoms with Gasteiger partial charge < -0.3 is 24.3 Å². The number of carbonyl (C=O) groups is 1. The lowest BCUT2D eigenvalue weighted by molar-refractivity contribution is -0.111. The average Bonchev–Trinajstić information content (AvgIpc) is 2.69. The number of para-hydroxylation sites is 1. The molecule has 0 aliphatic heterocycles. The maximum atomic E-state index is 12.3. The first kappa shape index (κ1) is 21.6. The Morgan fingerprint density at radius 1 is 1.11 bits per heavy atom. The topological polar surface area (TPSA) is 66.0 Å². The van der Waals surface area contributed by atoms with E-state index in [0.29, 0.717) is 47.8 Å². The van der Waals surface area contributed by atoms with Crippen LogP contribution in [0.2, 0.25) is 5.02 Å². The first-order chi connectivity index (χ1) is 13.6. The molecule has 0 aliphatic rings. The van der Waals surface area contributed by atoms with E-state index < -0.39 is 0 Å². The highest BCUT2D eigenvalue weighted by Crippen LogP contribution is 2.33. The van der Waals surface area contributed by atoms with Crippen LogP contribution in [0.3, 0.4) is 0 Å². The maximum Gasteiger partial charge on any atom is 0.248 e. The quantitative estimate of drug-likeness (QED) is 0.468. The Hall–Kier alpha value is -2.70. The Labute approximate surface area is 170 Å². The van der Waals surface area contributed by atoms with Gasteiger partial charge in [-0.2, -0.15) is 0 Å². The van der Waals surface area contributed by atoms with Gasteiger partial charge in [0.1, 0.15) is 6.61 Å². The lowest BCUT2D eigenvalue weighted by Gasteiger charge is -2.13. The maximum absolute atomic E-state index is 12.3. The van der Waals surface area contributed by atoms with Gasteiger partial charge in [0.05, 0.1) is 31.0 Å². The highest BCUT2D eigenvalue weighted by atomic mass is 35.5. The predicted octanol–water partition coefficient (Wildman–Crippen LogP) is 4.42. The Kier molecular flexibility index (Phi) is 8.65. The van der Waals surface area contributed by atoms with Crippen LogP contribution < -0.4 is 19.5 Å². The van der Waals surface area contributed by atoms with Crippen molar-refractivity contribution in [1.29, 1.82) is 0 Å². The summed E-state index contributed by atoms with van der Waals surface area (Å²) in [5, 5.41) is 3.19. The molecule has 0 fully saturated rings. The number of hydrogen-bond donors (Lipinski definition) is 1. The zero-order valence-corrected chi connectivity index (χ0v) is 16.9. The van der Waals surface area contributed by atoms with Crippen LogP contribution in [0.15, 0.2) is 42.5 Å². The third kappa shape index (κ3) is 6.18. The van der Waals surface area contributed by atoms with Crippen LogP contribution >= 0.6 is 11.6 Å². The number of nitrogens with one attached hydrogen (secondary N) is 1. The molecule has 150 valence electrons. The molecular formula is C21H24ClNO5. The van der Waals surface area contributed by atoms with Crippen LogP contribution in [0.25, 0.3) is 6.08 Å². The highest BCUT2D eigenvalue weighted by molar-refractivity contribution is 6.32. The normalized spacial score (nSPS) is 10.7. The second-order valence-electron chi connectivity index (χ2n) is 5.62. The molecule has 6 nitrogen and oxygen atoms in total. The number of rotatable bonds is 10. The molecule has 0 atom stereocenters. The van der Waals surface area contributed by atoms with Crippen LogP contribution in [0.4, 0.5) is 5.69 Å². The molecule has 0 heterocycles. The molecular weight excluding hydrogens is 382 g/mol. The van der Waals surface area contributed by atoms with E-state index in [1.807, 2.05) is 13.0 Å². The third-order valence-corrected chi connectivity index (χ3v) is 3.97. The van der Waals surface area contributed by atoms with Gasteiger partial charge in [0.15, 0.2) is 17.2 Å². The van der Waals surface area contributed by atoms with Crippen molar-refractivity contribution in [3.8, 4) is 17.2 Å². The molecule has 2 aromatic rings. The smallest absolute Gasteiger partial charge is 0.248 e. The summed E-state index contributed by atoms with van der Waals surface area (Å²) in [7, 11) is 3.15. The lowest BCUT2D eigenvalue weighted by Crippen LogP contribution is -2.11. The Morgan fingerprint density at radius 3 is 2.64 bits per heavy atom. The number of carbonyl (C=O) groups excluding carboxylic acids is 1. The van der Waals surface area contributed by atoms with Crippen LogP contribution in [0, 0.1) is 0 Å². The summed E-state index contributed by atoms with van der Waals surface area (Å²) in [4.78, 5) is 12.3. The molecule has 0 radical (unpaired) electrons. The standard InChI is InChI=1S/C21H24ClNO5/c1-4-27-18-10-8-15(14-19(18)26-3)9-11-20(24)23-17-7-5-6-16(22)21(17)28-13-12-25-2/h5-11,14H,4,12-13H2,1-3H3,(H,23,24)/b11-9+. The zero-order valence-electron chi connectivity index (χ0n) is 16.2. The van der Waals surface area contributed by atoms with Crippen molar-refractivity contribution in [3.63, 3.8) is 0 Å². The van der Waals surface area contributed by atoms with E-state index in [9.17, 15) is 4.79 Å². The van der Waals surface area contributed by atoms with Crippen LogP contribution in [-0.2, 0) is 9.53 Å². The minimum Gasteiger partial charge on any atom is -0.493 e. The molecule has 28 heavy (non-hydrogen) atoms. The number of anilines is 1. The number of methoxy groups -OCH3 is 2. The summed E-state index contributed by atoms with van der Waals surface area (Å²) < 4.78 is 21.4. The first-order valence-corrected chi connectivity index (χ1v) is 9.17. The Balaban J connectivity index is 2.09. The van der Waals surface area contributed by atoms with Gasteiger partial charge >= 0.3 is 0 Å². The number of hydrogen-bond acceptors (Lipinski definition) is 5. The lowest BCUT2D eigenvalue weighted by atomic mass is 10.2. The number of ether oxygens (including phenoxy) is 4. The van der Waals surface area contributed by atoms with Gasteiger partial charge in [0.2, 0.25) is 5.91 Å². The summed E-state index contributed by atoms with van der Waals surface area (Å²) in [6.07, 6.45) is 3.11. The highest BCUT2D eigenvalue weighted by Gasteiger charge is 2.10. The van der Waals surface area contributed by atoms with E-state index in [1.165, 1.54) is 6.08 Å². The molecule has 0 aliphatic carbocycles. The van der Waals surface area contributed by atoms with Crippen molar-refractivity contribution in [2.24, 2.45) is 0 Å². The molecule has 0 bridgehead atoms. The van der Waals surface area contributed by atoms with E-state index in [0.717, 1.165) is 5.56 Å². The molecule has 1 N–H and O–H groups in total. The molecule has 7 heteroatoms. The summed E-state index contributed by atoms with van der Waals surface area (Å²) in [5.41, 5.74) is 1.29. The van der Waals surface area contributed by atoms with Crippen molar-refractivity contribution in [3.05, 3.63) is 53.1 Å². The fourth-order valence-electron chi connectivity index (χ4n) is 2.39. The summed E-state index contributed by atoms with van der Waals surface area (Å²) in [5.74, 6) is 1.36. The Bertz CT molecular complexity index is 822. The summed E-state index contributed by atoms with van der Waals surface area (Å²) in [6, 6.07) is 10.6. The van der Waals surface area contributed by atoms with E-state index in [4.69, 9.17) is 30.5 Å². The fourth-order valence-corrected chi connectivity index (χ4v) is 2.62. The SMILES string of the molecule is CCOc1ccc(/C=C/C(=O)Nc2cccc(Cl)c2OCCOC)cc1OC. The first-order valence-electron chi connectivity index (χ1n) is 8.79. The van der Waals surface area contributed by atoms with Gasteiger partial charge in [0, 0.05) is 13.2 Å². The summed E-state index contributed by atoms with van der Waals surface area (Å²) >= 11 is 6.18. The van der Waals surface area contributed by atoms with Crippen LogP contribution in [0.5, 0.6) is 17.2 Å². The number of benzene rings is 2. The summed E-state index contributed by atoms with van der Waals surface area (Å²) in [6.45, 7) is 3.19. The minimum absolute atomic E-state index is 0.313. The Morgan fingerprint density at radius 2 is 1.93 bits per heavy atom. The van der Waals surface area contributed by atoms with Crippen LogP contribution in [-0.4, -0.2) is 39.9 Å². The van der Waals surface area contributed by atoms with Gasteiger partial charge in [-0.3, -0.25) is 4.79 Å². The van der Waals surface area contributed by atoms with Gasteiger partial charge in [-0.05, 0) is 42.8 Å². The third-order valence-electron chi connectivity index (χ3n) is 3.67. The van der Waals surface area contributed by atoms with Crippen molar-refractivity contribution >= 4 is 29.3 Å². The van der Waals surface area contributed by atoms with E-state index in [-0.39, 0.29) is 5.91 Å². The molecule has 2 aromatic carbocycles.